The van der Waals surface area contributed by atoms with Crippen LogP contribution in [0, 0.1) is 0 Å². The molecule has 0 atom stereocenters. The molecule has 88 valence electrons. The van der Waals surface area contributed by atoms with E-state index in [1.54, 1.807) is 0 Å². The zero-order chi connectivity index (χ0) is 11.9. The molecular formula is C7H14N2O4S2. The van der Waals surface area contributed by atoms with Gasteiger partial charge in [0, 0.05) is 13.7 Å². The van der Waals surface area contributed by atoms with Gasteiger partial charge in [0.05, 0.1) is 11.6 Å². The van der Waals surface area contributed by atoms with E-state index in [2.05, 4.69) is 22.3 Å². The maximum atomic E-state index is 11.2. The summed E-state index contributed by atoms with van der Waals surface area (Å²) >= 11 is 4.45. The molecule has 0 aliphatic rings. The fraction of sp³-hybridized carbons (Fsp3) is 0.714. The summed E-state index contributed by atoms with van der Waals surface area (Å²) in [4.78, 5) is 10.9. The van der Waals surface area contributed by atoms with Gasteiger partial charge in [-0.2, -0.15) is 0 Å². The Balaban J connectivity index is 4.00. The Morgan fingerprint density at radius 2 is 2.07 bits per heavy atom. The number of thiocarbonyl (C=S) groups is 1. The van der Waals surface area contributed by atoms with Crippen LogP contribution in [-0.4, -0.2) is 51.1 Å². The second kappa shape index (κ2) is 6.70. The highest BCUT2D eigenvalue weighted by Crippen LogP contribution is 1.90. The van der Waals surface area contributed by atoms with E-state index >= 15 is 0 Å². The van der Waals surface area contributed by atoms with Crippen molar-refractivity contribution in [3.05, 3.63) is 0 Å². The van der Waals surface area contributed by atoms with Gasteiger partial charge in [-0.3, -0.25) is 4.79 Å². The molecule has 0 rings (SSSR count). The van der Waals surface area contributed by atoms with Crippen molar-refractivity contribution in [2.45, 2.75) is 0 Å². The fourth-order valence-corrected chi connectivity index (χ4v) is 2.39. The molecule has 0 spiro atoms. The summed E-state index contributed by atoms with van der Waals surface area (Å²) in [5, 5.41) is 2.39. The number of carbonyl (C=O) groups excluding carboxylic acids is 1. The van der Waals surface area contributed by atoms with Crippen LogP contribution < -0.4 is 11.1 Å². The molecule has 0 saturated carbocycles. The average molecular weight is 254 g/mol. The summed E-state index contributed by atoms with van der Waals surface area (Å²) in [6.45, 7) is 0.610. The number of carbonyl (C=O) groups is 1. The molecule has 0 radical (unpaired) electrons. The van der Waals surface area contributed by atoms with Crippen molar-refractivity contribution in [2.24, 2.45) is 5.73 Å². The third-order valence-corrected chi connectivity index (χ3v) is 3.12. The van der Waals surface area contributed by atoms with Crippen LogP contribution in [0.5, 0.6) is 0 Å². The molecule has 0 aliphatic carbocycles. The molecular weight excluding hydrogens is 240 g/mol. The lowest BCUT2D eigenvalue weighted by atomic mass is 10.6. The molecule has 1 amide bonds. The zero-order valence-electron chi connectivity index (χ0n) is 8.36. The van der Waals surface area contributed by atoms with Crippen molar-refractivity contribution in [1.29, 1.82) is 0 Å². The Kier molecular flexibility index (Phi) is 6.37. The van der Waals surface area contributed by atoms with Gasteiger partial charge in [0.15, 0.2) is 9.84 Å². The van der Waals surface area contributed by atoms with Crippen LogP contribution in [0.3, 0.4) is 0 Å². The van der Waals surface area contributed by atoms with Crippen molar-refractivity contribution in [3.63, 3.8) is 0 Å². The first-order valence-electron chi connectivity index (χ1n) is 4.12. The number of nitrogens with one attached hydrogen (secondary N) is 1. The van der Waals surface area contributed by atoms with E-state index in [4.69, 9.17) is 5.73 Å². The van der Waals surface area contributed by atoms with Gasteiger partial charge >= 0.3 is 0 Å². The summed E-state index contributed by atoms with van der Waals surface area (Å²) in [7, 11) is -2.05. The molecule has 0 aromatic carbocycles. The minimum Gasteiger partial charge on any atom is -0.392 e. The number of hydrogen-bond donors (Lipinski definition) is 2. The largest absolute Gasteiger partial charge is 0.392 e. The van der Waals surface area contributed by atoms with Crippen molar-refractivity contribution < 1.29 is 17.9 Å². The Morgan fingerprint density at radius 1 is 1.47 bits per heavy atom. The first kappa shape index (κ1) is 14.3. The summed E-state index contributed by atoms with van der Waals surface area (Å²) in [5.41, 5.74) is 5.08. The first-order valence-corrected chi connectivity index (χ1v) is 6.34. The molecule has 0 heterocycles. The Bertz CT molecular complexity index is 326. The molecule has 0 fully saturated rings. The predicted octanol–water partition coefficient (Wildman–Crippen LogP) is -1.55. The highest BCUT2D eigenvalue weighted by Gasteiger charge is 2.17. The van der Waals surface area contributed by atoms with E-state index < -0.39 is 27.3 Å². The zero-order valence-corrected chi connectivity index (χ0v) is 9.99. The van der Waals surface area contributed by atoms with E-state index in [9.17, 15) is 13.2 Å². The lowest BCUT2D eigenvalue weighted by Gasteiger charge is -2.04. The second-order valence-corrected chi connectivity index (χ2v) is 5.43. The number of ether oxygens (including phenoxy) is 1. The maximum Gasteiger partial charge on any atom is 0.235 e. The molecule has 0 unspecified atom stereocenters. The minimum absolute atomic E-state index is 0.139. The number of sulfone groups is 1. The van der Waals surface area contributed by atoms with Gasteiger partial charge in [0.1, 0.15) is 11.5 Å². The lowest BCUT2D eigenvalue weighted by Crippen LogP contribution is -2.35. The SMILES string of the molecule is COCCNC(=O)CS(=O)(=O)CC(N)=S. The van der Waals surface area contributed by atoms with Gasteiger partial charge in [-0.15, -0.1) is 0 Å². The molecule has 0 aromatic heterocycles. The Hall–Kier alpha value is -0.730. The van der Waals surface area contributed by atoms with Gasteiger partial charge in [-0.1, -0.05) is 12.2 Å². The molecule has 3 N–H and O–H groups in total. The van der Waals surface area contributed by atoms with Crippen molar-refractivity contribution in [3.8, 4) is 0 Å². The Morgan fingerprint density at radius 3 is 2.53 bits per heavy atom. The molecule has 0 bridgehead atoms. The van der Waals surface area contributed by atoms with Crippen LogP contribution in [0.15, 0.2) is 0 Å². The second-order valence-electron chi connectivity index (χ2n) is 2.84. The van der Waals surface area contributed by atoms with Gasteiger partial charge in [0.2, 0.25) is 5.91 Å². The van der Waals surface area contributed by atoms with E-state index in [0.29, 0.717) is 6.61 Å². The number of rotatable bonds is 7. The van der Waals surface area contributed by atoms with E-state index in [-0.39, 0.29) is 11.5 Å². The molecule has 8 heteroatoms. The van der Waals surface area contributed by atoms with Crippen molar-refractivity contribution in [2.75, 3.05) is 31.8 Å². The van der Waals surface area contributed by atoms with Crippen molar-refractivity contribution in [1.82, 2.24) is 5.32 Å². The number of amides is 1. The maximum absolute atomic E-state index is 11.2. The lowest BCUT2D eigenvalue weighted by molar-refractivity contribution is -0.118. The average Bonchev–Trinajstić information content (AvgIpc) is 2.00. The normalized spacial score (nSPS) is 11.0. The van der Waals surface area contributed by atoms with Crippen LogP contribution in [0.4, 0.5) is 0 Å². The quantitative estimate of drug-likeness (QED) is 0.421. The van der Waals surface area contributed by atoms with Crippen LogP contribution >= 0.6 is 12.2 Å². The summed E-state index contributed by atoms with van der Waals surface area (Å²) in [6, 6.07) is 0. The van der Waals surface area contributed by atoms with Crippen LogP contribution in [0.1, 0.15) is 0 Å². The summed E-state index contributed by atoms with van der Waals surface area (Å²) in [6.07, 6.45) is 0. The molecule has 15 heavy (non-hydrogen) atoms. The van der Waals surface area contributed by atoms with Crippen LogP contribution in [0.2, 0.25) is 0 Å². The monoisotopic (exact) mass is 254 g/mol. The standard InChI is InChI=1S/C7H14N2O4S2/c1-13-3-2-9-7(10)5-15(11,12)4-6(8)14/h2-5H2,1H3,(H2,8,14)(H,9,10). The summed E-state index contributed by atoms with van der Waals surface area (Å²) in [5.74, 6) is -1.63. The topological polar surface area (TPSA) is 98.5 Å². The number of methoxy groups -OCH3 is 1. The van der Waals surface area contributed by atoms with Crippen LogP contribution in [0.25, 0.3) is 0 Å². The molecule has 0 aromatic rings. The van der Waals surface area contributed by atoms with Gasteiger partial charge in [-0.25, -0.2) is 8.42 Å². The third-order valence-electron chi connectivity index (χ3n) is 1.34. The highest BCUT2D eigenvalue weighted by atomic mass is 32.2. The first-order chi connectivity index (χ1) is 6.87. The molecule has 6 nitrogen and oxygen atoms in total. The van der Waals surface area contributed by atoms with E-state index in [0.717, 1.165) is 0 Å². The third kappa shape index (κ3) is 8.28. The van der Waals surface area contributed by atoms with Crippen molar-refractivity contribution >= 4 is 33.0 Å². The smallest absolute Gasteiger partial charge is 0.235 e. The number of hydrogen-bond acceptors (Lipinski definition) is 5. The highest BCUT2D eigenvalue weighted by molar-refractivity contribution is 7.94. The fourth-order valence-electron chi connectivity index (χ4n) is 0.811. The number of nitrogens with two attached hydrogens (primary N) is 1. The summed E-state index contributed by atoms with van der Waals surface area (Å²) < 4.78 is 27.1. The van der Waals surface area contributed by atoms with Gasteiger partial charge in [0.25, 0.3) is 0 Å². The Labute approximate surface area is 94.1 Å². The van der Waals surface area contributed by atoms with Gasteiger partial charge in [-0.05, 0) is 0 Å². The van der Waals surface area contributed by atoms with Crippen LogP contribution in [-0.2, 0) is 19.4 Å². The molecule has 0 saturated heterocycles. The minimum atomic E-state index is -3.54. The predicted molar refractivity (Wildman–Crippen MR) is 60.3 cm³/mol. The van der Waals surface area contributed by atoms with E-state index in [1.807, 2.05) is 0 Å². The van der Waals surface area contributed by atoms with E-state index in [1.165, 1.54) is 7.11 Å². The van der Waals surface area contributed by atoms with Gasteiger partial charge < -0.3 is 15.8 Å². The molecule has 0 aliphatic heterocycles.